The van der Waals surface area contributed by atoms with Crippen molar-refractivity contribution < 1.29 is 0 Å². The quantitative estimate of drug-likeness (QED) is 0.767. The summed E-state index contributed by atoms with van der Waals surface area (Å²) in [6, 6.07) is 6.54. The molecular weight excluding hydrogens is 196 g/mol. The fourth-order valence-corrected chi connectivity index (χ4v) is 2.26. The van der Waals surface area contributed by atoms with Crippen LogP contribution in [0.25, 0.3) is 0 Å². The zero-order valence-corrected chi connectivity index (χ0v) is 9.30. The molecule has 0 spiro atoms. The Kier molecular flexibility index (Phi) is 2.55. The predicted octanol–water partition coefficient (Wildman–Crippen LogP) is 2.98. The molecule has 1 unspecified atom stereocenters. The highest BCUT2D eigenvalue weighted by Crippen LogP contribution is 2.36. The van der Waals surface area contributed by atoms with E-state index in [2.05, 4.69) is 30.3 Å². The molecule has 1 aliphatic heterocycles. The lowest BCUT2D eigenvalue weighted by Gasteiger charge is -2.35. The number of hydrogen-bond donors (Lipinski definition) is 1. The van der Waals surface area contributed by atoms with E-state index in [9.17, 15) is 0 Å². The van der Waals surface area contributed by atoms with Crippen molar-refractivity contribution in [2.45, 2.75) is 19.4 Å². The summed E-state index contributed by atoms with van der Waals surface area (Å²) >= 11 is 6.15. The molecule has 1 atom stereocenters. The molecule has 0 radical (unpaired) electrons. The average Bonchev–Trinajstić information content (AvgIpc) is 2.17. The van der Waals surface area contributed by atoms with Gasteiger partial charge in [-0.15, -0.1) is 0 Å². The van der Waals surface area contributed by atoms with E-state index in [4.69, 9.17) is 11.6 Å². The van der Waals surface area contributed by atoms with Crippen molar-refractivity contribution in [1.82, 2.24) is 0 Å². The second kappa shape index (κ2) is 3.70. The fraction of sp³-hybridized carbons (Fsp3) is 0.455. The number of rotatable bonds is 1. The second-order valence-electron chi connectivity index (χ2n) is 3.77. The van der Waals surface area contributed by atoms with E-state index in [1.54, 1.807) is 0 Å². The van der Waals surface area contributed by atoms with E-state index in [1.807, 2.05) is 12.1 Å². The highest BCUT2D eigenvalue weighted by Gasteiger charge is 2.21. The van der Waals surface area contributed by atoms with Crippen LogP contribution in [0.1, 0.15) is 13.3 Å². The lowest BCUT2D eigenvalue weighted by molar-refractivity contribution is 0.662. The zero-order valence-electron chi connectivity index (χ0n) is 8.55. The molecule has 3 heteroatoms. The predicted molar refractivity (Wildman–Crippen MR) is 62.4 cm³/mol. The van der Waals surface area contributed by atoms with Crippen molar-refractivity contribution in [1.29, 1.82) is 0 Å². The van der Waals surface area contributed by atoms with Crippen LogP contribution in [0.15, 0.2) is 18.2 Å². The topological polar surface area (TPSA) is 15.3 Å². The summed E-state index contributed by atoms with van der Waals surface area (Å²) in [6.45, 7) is 3.22. The minimum absolute atomic E-state index is 0.533. The van der Waals surface area contributed by atoms with Gasteiger partial charge in [0.2, 0.25) is 0 Å². The highest BCUT2D eigenvalue weighted by molar-refractivity contribution is 6.34. The van der Waals surface area contributed by atoms with Crippen LogP contribution in [-0.4, -0.2) is 19.6 Å². The van der Waals surface area contributed by atoms with E-state index >= 15 is 0 Å². The van der Waals surface area contributed by atoms with Gasteiger partial charge < -0.3 is 10.2 Å². The standard InChI is InChI=1S/C11H15ClN2/c1-3-8-7-14(2)11-9(12)5-4-6-10(11)13-8/h4-6,8,13H,3,7H2,1-2H3. The molecule has 0 saturated carbocycles. The summed E-state index contributed by atoms with van der Waals surface area (Å²) in [5.74, 6) is 0. The molecule has 1 heterocycles. The zero-order chi connectivity index (χ0) is 10.1. The van der Waals surface area contributed by atoms with Gasteiger partial charge >= 0.3 is 0 Å². The van der Waals surface area contributed by atoms with E-state index in [-0.39, 0.29) is 0 Å². The maximum Gasteiger partial charge on any atom is 0.0789 e. The summed E-state index contributed by atoms with van der Waals surface area (Å²) in [4.78, 5) is 2.22. The molecule has 0 bridgehead atoms. The van der Waals surface area contributed by atoms with Gasteiger partial charge in [-0.1, -0.05) is 24.6 Å². The molecule has 2 nitrogen and oxygen atoms in total. The van der Waals surface area contributed by atoms with Gasteiger partial charge in [0.05, 0.1) is 16.4 Å². The molecule has 2 rings (SSSR count). The summed E-state index contributed by atoms with van der Waals surface area (Å²) in [5, 5.41) is 4.32. The third-order valence-corrected chi connectivity index (χ3v) is 3.02. The lowest BCUT2D eigenvalue weighted by Crippen LogP contribution is -2.38. The van der Waals surface area contributed by atoms with Crippen LogP contribution < -0.4 is 10.2 Å². The number of anilines is 2. The van der Waals surface area contributed by atoms with Crippen LogP contribution in [0, 0.1) is 0 Å². The van der Waals surface area contributed by atoms with Crippen LogP contribution in [0.5, 0.6) is 0 Å². The first-order chi connectivity index (χ1) is 6.72. The first-order valence-electron chi connectivity index (χ1n) is 4.98. The number of nitrogens with zero attached hydrogens (tertiary/aromatic N) is 1. The Morgan fingerprint density at radius 2 is 2.36 bits per heavy atom. The van der Waals surface area contributed by atoms with Crippen molar-refractivity contribution in [2.75, 3.05) is 23.8 Å². The van der Waals surface area contributed by atoms with Gasteiger partial charge in [0, 0.05) is 19.6 Å². The largest absolute Gasteiger partial charge is 0.379 e. The van der Waals surface area contributed by atoms with Crippen LogP contribution in [-0.2, 0) is 0 Å². The third kappa shape index (κ3) is 1.55. The second-order valence-corrected chi connectivity index (χ2v) is 4.17. The number of likely N-dealkylation sites (N-methyl/N-ethyl adjacent to an activating group) is 1. The Morgan fingerprint density at radius 3 is 3.07 bits per heavy atom. The molecule has 0 saturated heterocycles. The van der Waals surface area contributed by atoms with Gasteiger partial charge in [-0.2, -0.15) is 0 Å². The monoisotopic (exact) mass is 210 g/mol. The molecule has 0 fully saturated rings. The van der Waals surface area contributed by atoms with Gasteiger partial charge in [0.25, 0.3) is 0 Å². The van der Waals surface area contributed by atoms with E-state index in [1.165, 1.54) is 0 Å². The molecule has 0 aliphatic carbocycles. The summed E-state index contributed by atoms with van der Waals surface area (Å²) in [6.07, 6.45) is 1.14. The van der Waals surface area contributed by atoms with Crippen molar-refractivity contribution >= 4 is 23.0 Å². The van der Waals surface area contributed by atoms with Crippen LogP contribution >= 0.6 is 11.6 Å². The Balaban J connectivity index is 2.39. The first kappa shape index (κ1) is 9.66. The number of fused-ring (bicyclic) bond motifs is 1. The van der Waals surface area contributed by atoms with Gasteiger partial charge in [-0.05, 0) is 18.6 Å². The molecule has 0 amide bonds. The highest BCUT2D eigenvalue weighted by atomic mass is 35.5. The lowest BCUT2D eigenvalue weighted by atomic mass is 10.1. The Morgan fingerprint density at radius 1 is 1.57 bits per heavy atom. The molecule has 14 heavy (non-hydrogen) atoms. The molecule has 1 aliphatic rings. The number of nitrogens with one attached hydrogen (secondary N) is 1. The molecular formula is C11H15ClN2. The van der Waals surface area contributed by atoms with Gasteiger partial charge in [-0.25, -0.2) is 0 Å². The maximum atomic E-state index is 6.15. The molecule has 76 valence electrons. The normalized spacial score (nSPS) is 20.2. The first-order valence-corrected chi connectivity index (χ1v) is 5.36. The van der Waals surface area contributed by atoms with Gasteiger partial charge in [0.1, 0.15) is 0 Å². The smallest absolute Gasteiger partial charge is 0.0789 e. The van der Waals surface area contributed by atoms with E-state index < -0.39 is 0 Å². The SMILES string of the molecule is CCC1CN(C)c2c(Cl)cccc2N1. The summed E-state index contributed by atoms with van der Waals surface area (Å²) in [5.41, 5.74) is 2.27. The number of para-hydroxylation sites is 1. The minimum atomic E-state index is 0.533. The molecule has 1 aromatic carbocycles. The van der Waals surface area contributed by atoms with Gasteiger partial charge in [-0.3, -0.25) is 0 Å². The summed E-state index contributed by atoms with van der Waals surface area (Å²) < 4.78 is 0. The molecule has 0 aromatic heterocycles. The van der Waals surface area contributed by atoms with E-state index in [0.29, 0.717) is 6.04 Å². The van der Waals surface area contributed by atoms with Crippen molar-refractivity contribution in [2.24, 2.45) is 0 Å². The Hall–Kier alpha value is -0.890. The fourth-order valence-electron chi connectivity index (χ4n) is 1.94. The molecule has 1 N–H and O–H groups in total. The summed E-state index contributed by atoms with van der Waals surface area (Å²) in [7, 11) is 2.09. The number of hydrogen-bond acceptors (Lipinski definition) is 2. The minimum Gasteiger partial charge on any atom is -0.379 e. The van der Waals surface area contributed by atoms with E-state index in [0.717, 1.165) is 29.4 Å². The van der Waals surface area contributed by atoms with Crippen molar-refractivity contribution in [3.63, 3.8) is 0 Å². The number of halogens is 1. The van der Waals surface area contributed by atoms with Crippen LogP contribution in [0.2, 0.25) is 5.02 Å². The van der Waals surface area contributed by atoms with Crippen LogP contribution in [0.3, 0.4) is 0 Å². The van der Waals surface area contributed by atoms with Crippen molar-refractivity contribution in [3.05, 3.63) is 23.2 Å². The van der Waals surface area contributed by atoms with Gasteiger partial charge in [0.15, 0.2) is 0 Å². The third-order valence-electron chi connectivity index (χ3n) is 2.72. The number of benzene rings is 1. The van der Waals surface area contributed by atoms with Crippen molar-refractivity contribution in [3.8, 4) is 0 Å². The average molecular weight is 211 g/mol. The Labute approximate surface area is 89.9 Å². The molecule has 1 aromatic rings. The maximum absolute atomic E-state index is 6.15. The van der Waals surface area contributed by atoms with Crippen LogP contribution in [0.4, 0.5) is 11.4 Å². The Bertz CT molecular complexity index is 338.